The molecular formula is C25H19Cl2NO4. The number of carbonyl (C=O) groups is 1. The standard InChI is InChI=1S/C25H19Cl2NO4/c1-2-30-23-13-16(9-10-22(23)31-15-17-5-3-7-19(26)11-17)12-21-25(29)32-24(28-21)18-6-4-8-20(27)14-18/h3-14H,2,15H2,1H3/b21-12+. The molecule has 0 unspecified atom stereocenters. The molecule has 32 heavy (non-hydrogen) atoms. The zero-order valence-electron chi connectivity index (χ0n) is 17.2. The third-order valence-electron chi connectivity index (χ3n) is 4.55. The predicted molar refractivity (Wildman–Crippen MR) is 125 cm³/mol. The molecule has 0 saturated carbocycles. The summed E-state index contributed by atoms with van der Waals surface area (Å²) in [5.74, 6) is 0.842. The molecule has 4 rings (SSSR count). The molecule has 5 nitrogen and oxygen atoms in total. The Morgan fingerprint density at radius 1 is 0.938 bits per heavy atom. The van der Waals surface area contributed by atoms with Gasteiger partial charge in [-0.05, 0) is 66.6 Å². The van der Waals surface area contributed by atoms with E-state index in [1.807, 2.05) is 37.3 Å². The van der Waals surface area contributed by atoms with Crippen LogP contribution in [0.15, 0.2) is 77.4 Å². The fourth-order valence-corrected chi connectivity index (χ4v) is 3.50. The summed E-state index contributed by atoms with van der Waals surface area (Å²) in [5, 5.41) is 1.19. The van der Waals surface area contributed by atoms with Gasteiger partial charge in [0, 0.05) is 15.6 Å². The Labute approximate surface area is 195 Å². The van der Waals surface area contributed by atoms with Gasteiger partial charge in [0.1, 0.15) is 6.61 Å². The molecular weight excluding hydrogens is 449 g/mol. The number of aliphatic imine (C=N–C) groups is 1. The number of hydrogen-bond donors (Lipinski definition) is 0. The molecule has 7 heteroatoms. The highest BCUT2D eigenvalue weighted by Crippen LogP contribution is 2.31. The van der Waals surface area contributed by atoms with Crippen molar-refractivity contribution in [1.82, 2.24) is 0 Å². The van der Waals surface area contributed by atoms with E-state index in [2.05, 4.69) is 4.99 Å². The first-order valence-corrected chi connectivity index (χ1v) is 10.7. The van der Waals surface area contributed by atoms with Gasteiger partial charge in [-0.1, -0.05) is 47.5 Å². The fraction of sp³-hybridized carbons (Fsp3) is 0.120. The van der Waals surface area contributed by atoms with Crippen LogP contribution in [0.2, 0.25) is 10.0 Å². The molecule has 3 aromatic rings. The number of hydrogen-bond acceptors (Lipinski definition) is 5. The van der Waals surface area contributed by atoms with Crippen LogP contribution in [0, 0.1) is 0 Å². The maximum absolute atomic E-state index is 12.3. The van der Waals surface area contributed by atoms with Crippen molar-refractivity contribution in [2.45, 2.75) is 13.5 Å². The summed E-state index contributed by atoms with van der Waals surface area (Å²) in [6, 6.07) is 19.9. The highest BCUT2D eigenvalue weighted by atomic mass is 35.5. The Morgan fingerprint density at radius 3 is 2.47 bits per heavy atom. The summed E-state index contributed by atoms with van der Waals surface area (Å²) in [6.07, 6.45) is 1.64. The second-order valence-corrected chi connectivity index (χ2v) is 7.78. The highest BCUT2D eigenvalue weighted by molar-refractivity contribution is 6.31. The lowest BCUT2D eigenvalue weighted by Gasteiger charge is -2.13. The van der Waals surface area contributed by atoms with Crippen molar-refractivity contribution < 1.29 is 19.0 Å². The molecule has 0 spiro atoms. The third kappa shape index (κ3) is 5.31. The summed E-state index contributed by atoms with van der Waals surface area (Å²) >= 11 is 12.1. The Morgan fingerprint density at radius 2 is 1.72 bits per heavy atom. The van der Waals surface area contributed by atoms with Crippen LogP contribution in [-0.2, 0) is 16.1 Å². The van der Waals surface area contributed by atoms with Gasteiger partial charge in [0.05, 0.1) is 6.61 Å². The SMILES string of the molecule is CCOc1cc(/C=C2/N=C(c3cccc(Cl)c3)OC2=O)ccc1OCc1cccc(Cl)c1. The number of halogens is 2. The first-order chi connectivity index (χ1) is 15.5. The Kier molecular flexibility index (Phi) is 6.78. The van der Waals surface area contributed by atoms with Crippen LogP contribution in [0.1, 0.15) is 23.6 Å². The number of ether oxygens (including phenoxy) is 3. The van der Waals surface area contributed by atoms with E-state index in [9.17, 15) is 4.79 Å². The topological polar surface area (TPSA) is 57.1 Å². The van der Waals surface area contributed by atoms with Crippen molar-refractivity contribution in [1.29, 1.82) is 0 Å². The van der Waals surface area contributed by atoms with Gasteiger partial charge in [0.2, 0.25) is 5.90 Å². The number of esters is 1. The van der Waals surface area contributed by atoms with Crippen LogP contribution in [-0.4, -0.2) is 18.5 Å². The molecule has 3 aromatic carbocycles. The molecule has 0 fully saturated rings. The lowest BCUT2D eigenvalue weighted by Crippen LogP contribution is -2.05. The molecule has 0 aliphatic carbocycles. The van der Waals surface area contributed by atoms with E-state index in [-0.39, 0.29) is 11.6 Å². The lowest BCUT2D eigenvalue weighted by atomic mass is 10.1. The van der Waals surface area contributed by atoms with Crippen molar-refractivity contribution in [3.8, 4) is 11.5 Å². The average molecular weight is 468 g/mol. The van der Waals surface area contributed by atoms with Crippen LogP contribution in [0.25, 0.3) is 6.08 Å². The monoisotopic (exact) mass is 467 g/mol. The minimum atomic E-state index is -0.529. The van der Waals surface area contributed by atoms with Crippen LogP contribution in [0.4, 0.5) is 0 Å². The maximum atomic E-state index is 12.3. The van der Waals surface area contributed by atoms with Crippen LogP contribution < -0.4 is 9.47 Å². The van der Waals surface area contributed by atoms with Gasteiger partial charge in [0.15, 0.2) is 17.2 Å². The number of nitrogens with zero attached hydrogens (tertiary/aromatic N) is 1. The zero-order chi connectivity index (χ0) is 22.5. The number of rotatable bonds is 7. The Hall–Kier alpha value is -3.28. The Bertz CT molecular complexity index is 1220. The van der Waals surface area contributed by atoms with Crippen molar-refractivity contribution in [2.75, 3.05) is 6.61 Å². The van der Waals surface area contributed by atoms with Crippen molar-refractivity contribution in [3.63, 3.8) is 0 Å². The van der Waals surface area contributed by atoms with Crippen LogP contribution in [0.3, 0.4) is 0 Å². The zero-order valence-corrected chi connectivity index (χ0v) is 18.7. The molecule has 0 radical (unpaired) electrons. The molecule has 1 aliphatic rings. The number of benzene rings is 3. The van der Waals surface area contributed by atoms with E-state index in [4.69, 9.17) is 37.4 Å². The van der Waals surface area contributed by atoms with Gasteiger partial charge < -0.3 is 14.2 Å². The van der Waals surface area contributed by atoms with E-state index >= 15 is 0 Å². The summed E-state index contributed by atoms with van der Waals surface area (Å²) in [7, 11) is 0. The average Bonchev–Trinajstić information content (AvgIpc) is 3.14. The number of carbonyl (C=O) groups excluding carboxylic acids is 1. The van der Waals surface area contributed by atoms with E-state index < -0.39 is 5.97 Å². The normalized spacial score (nSPS) is 14.3. The molecule has 1 aliphatic heterocycles. The van der Waals surface area contributed by atoms with Crippen LogP contribution >= 0.6 is 23.2 Å². The first-order valence-electron chi connectivity index (χ1n) is 9.94. The third-order valence-corrected chi connectivity index (χ3v) is 5.02. The molecule has 0 aromatic heterocycles. The summed E-state index contributed by atoms with van der Waals surface area (Å²) in [6.45, 7) is 2.70. The first kappa shape index (κ1) is 21.9. The van der Waals surface area contributed by atoms with Gasteiger partial charge >= 0.3 is 5.97 Å². The molecule has 0 N–H and O–H groups in total. The summed E-state index contributed by atoms with van der Waals surface area (Å²) < 4.78 is 17.0. The second kappa shape index (κ2) is 9.90. The quantitative estimate of drug-likeness (QED) is 0.301. The largest absolute Gasteiger partial charge is 0.490 e. The van der Waals surface area contributed by atoms with Crippen LogP contribution in [0.5, 0.6) is 11.5 Å². The van der Waals surface area contributed by atoms with Crippen molar-refractivity contribution in [2.24, 2.45) is 4.99 Å². The lowest BCUT2D eigenvalue weighted by molar-refractivity contribution is -0.129. The van der Waals surface area contributed by atoms with Gasteiger partial charge in [-0.15, -0.1) is 0 Å². The van der Waals surface area contributed by atoms with Gasteiger partial charge in [0.25, 0.3) is 0 Å². The molecule has 162 valence electrons. The van der Waals surface area contributed by atoms with Gasteiger partial charge in [-0.2, -0.15) is 0 Å². The summed E-state index contributed by atoms with van der Waals surface area (Å²) in [4.78, 5) is 16.6. The minimum absolute atomic E-state index is 0.190. The van der Waals surface area contributed by atoms with E-state index in [0.717, 1.165) is 11.1 Å². The molecule has 1 heterocycles. The molecule has 0 saturated heterocycles. The van der Waals surface area contributed by atoms with Gasteiger partial charge in [-0.25, -0.2) is 9.79 Å². The summed E-state index contributed by atoms with van der Waals surface area (Å²) in [5.41, 5.74) is 2.50. The molecule has 0 amide bonds. The minimum Gasteiger partial charge on any atom is -0.490 e. The molecule has 0 bridgehead atoms. The van der Waals surface area contributed by atoms with E-state index in [1.165, 1.54) is 0 Å². The van der Waals surface area contributed by atoms with E-state index in [0.29, 0.717) is 40.3 Å². The van der Waals surface area contributed by atoms with Crippen molar-refractivity contribution in [3.05, 3.63) is 99.2 Å². The highest BCUT2D eigenvalue weighted by Gasteiger charge is 2.24. The van der Waals surface area contributed by atoms with Crippen molar-refractivity contribution >= 4 is 41.1 Å². The maximum Gasteiger partial charge on any atom is 0.363 e. The fourth-order valence-electron chi connectivity index (χ4n) is 3.10. The van der Waals surface area contributed by atoms with E-state index in [1.54, 1.807) is 42.5 Å². The van der Waals surface area contributed by atoms with Gasteiger partial charge in [-0.3, -0.25) is 0 Å². The molecule has 0 atom stereocenters. The second-order valence-electron chi connectivity index (χ2n) is 6.90. The predicted octanol–water partition coefficient (Wildman–Crippen LogP) is 6.32. The smallest absolute Gasteiger partial charge is 0.363 e. The Balaban J connectivity index is 1.56. The number of cyclic esters (lactones) is 1.